The van der Waals surface area contributed by atoms with E-state index in [4.69, 9.17) is 4.52 Å². The van der Waals surface area contributed by atoms with Crippen LogP contribution in [0.25, 0.3) is 0 Å². The first-order valence-corrected chi connectivity index (χ1v) is 7.95. The van der Waals surface area contributed by atoms with Gasteiger partial charge in [-0.15, -0.1) is 0 Å². The van der Waals surface area contributed by atoms with E-state index in [-0.39, 0.29) is 18.0 Å². The lowest BCUT2D eigenvalue weighted by Crippen LogP contribution is -2.51. The van der Waals surface area contributed by atoms with E-state index < -0.39 is 0 Å². The van der Waals surface area contributed by atoms with Gasteiger partial charge in [0.15, 0.2) is 5.69 Å². The maximum Gasteiger partial charge on any atom is 0.315 e. The number of nitrogens with one attached hydrogen (secondary N) is 2. The summed E-state index contributed by atoms with van der Waals surface area (Å²) in [5.74, 6) is 0.550. The highest BCUT2D eigenvalue weighted by atomic mass is 16.5. The molecule has 0 spiro atoms. The van der Waals surface area contributed by atoms with Crippen molar-refractivity contribution in [3.63, 3.8) is 0 Å². The number of urea groups is 1. The monoisotopic (exact) mass is 323 g/mol. The van der Waals surface area contributed by atoms with Crippen molar-refractivity contribution in [3.05, 3.63) is 17.5 Å². The van der Waals surface area contributed by atoms with Gasteiger partial charge in [-0.25, -0.2) is 4.79 Å². The summed E-state index contributed by atoms with van der Waals surface area (Å²) in [6.07, 6.45) is 0. The molecule has 0 unspecified atom stereocenters. The molecule has 2 N–H and O–H groups in total. The third-order valence-electron chi connectivity index (χ3n) is 3.64. The molecule has 1 aliphatic rings. The van der Waals surface area contributed by atoms with Gasteiger partial charge in [-0.3, -0.25) is 9.69 Å². The van der Waals surface area contributed by atoms with E-state index in [0.29, 0.717) is 31.1 Å². The maximum atomic E-state index is 12.2. The number of rotatable bonds is 5. The molecule has 8 nitrogen and oxygen atoms in total. The van der Waals surface area contributed by atoms with Crippen molar-refractivity contribution in [3.8, 4) is 0 Å². The van der Waals surface area contributed by atoms with Gasteiger partial charge in [0.1, 0.15) is 5.76 Å². The van der Waals surface area contributed by atoms with Crippen LogP contribution in [0.2, 0.25) is 0 Å². The molecule has 0 aromatic carbocycles. The Morgan fingerprint density at radius 3 is 2.57 bits per heavy atom. The lowest BCUT2D eigenvalue weighted by Gasteiger charge is -2.34. The minimum absolute atomic E-state index is 0.0871. The molecule has 1 aromatic rings. The Bertz CT molecular complexity index is 535. The van der Waals surface area contributed by atoms with Gasteiger partial charge in [0.25, 0.3) is 5.91 Å². The molecule has 1 aromatic heterocycles. The molecule has 0 atom stereocenters. The molecule has 3 amide bonds. The number of hydrogen-bond donors (Lipinski definition) is 2. The van der Waals surface area contributed by atoms with Crippen LogP contribution in [0.3, 0.4) is 0 Å². The molecule has 1 aliphatic heterocycles. The third-order valence-corrected chi connectivity index (χ3v) is 3.64. The molecule has 1 fully saturated rings. The molecule has 2 heterocycles. The van der Waals surface area contributed by atoms with Crippen LogP contribution in [0.5, 0.6) is 0 Å². The van der Waals surface area contributed by atoms with Crippen LogP contribution in [0, 0.1) is 6.92 Å². The topological polar surface area (TPSA) is 90.7 Å². The first-order chi connectivity index (χ1) is 11.0. The number of nitrogens with zero attached hydrogens (tertiary/aromatic N) is 3. The second-order valence-corrected chi connectivity index (χ2v) is 6.01. The van der Waals surface area contributed by atoms with Gasteiger partial charge >= 0.3 is 6.03 Å². The highest BCUT2D eigenvalue weighted by Gasteiger charge is 2.24. The molecule has 0 saturated carbocycles. The van der Waals surface area contributed by atoms with Crippen molar-refractivity contribution >= 4 is 11.9 Å². The fourth-order valence-electron chi connectivity index (χ4n) is 2.44. The summed E-state index contributed by atoms with van der Waals surface area (Å²) in [7, 11) is 0. The number of carbonyl (C=O) groups excluding carboxylic acids is 2. The number of piperazine rings is 1. The van der Waals surface area contributed by atoms with Crippen LogP contribution in [0.4, 0.5) is 4.79 Å². The summed E-state index contributed by atoms with van der Waals surface area (Å²) in [6, 6.07) is 1.64. The molecule has 23 heavy (non-hydrogen) atoms. The van der Waals surface area contributed by atoms with E-state index in [1.807, 2.05) is 13.8 Å². The van der Waals surface area contributed by atoms with Crippen molar-refractivity contribution in [2.24, 2.45) is 0 Å². The van der Waals surface area contributed by atoms with Gasteiger partial charge in [-0.2, -0.15) is 0 Å². The Morgan fingerprint density at radius 2 is 2.00 bits per heavy atom. The molecule has 0 radical (unpaired) electrons. The Balaban J connectivity index is 1.68. The van der Waals surface area contributed by atoms with E-state index in [1.165, 1.54) is 0 Å². The highest BCUT2D eigenvalue weighted by Crippen LogP contribution is 2.09. The average molecular weight is 323 g/mol. The number of hydrogen-bond acceptors (Lipinski definition) is 5. The zero-order valence-electron chi connectivity index (χ0n) is 14.0. The van der Waals surface area contributed by atoms with Crippen molar-refractivity contribution in [1.82, 2.24) is 25.6 Å². The van der Waals surface area contributed by atoms with Crippen LogP contribution in [0.1, 0.15) is 30.1 Å². The van der Waals surface area contributed by atoms with Crippen LogP contribution in [0.15, 0.2) is 10.6 Å². The molecule has 8 heteroatoms. The standard InChI is InChI=1S/C15H25N5O3/c1-11(2)17-15(22)16-4-5-19-6-8-20(9-7-19)14(21)13-10-12(3)23-18-13/h10-11H,4-9H2,1-3H3,(H2,16,17,22). The smallest absolute Gasteiger partial charge is 0.315 e. The van der Waals surface area contributed by atoms with Gasteiger partial charge in [-0.1, -0.05) is 5.16 Å². The second-order valence-electron chi connectivity index (χ2n) is 6.01. The van der Waals surface area contributed by atoms with Gasteiger partial charge in [0.2, 0.25) is 0 Å². The van der Waals surface area contributed by atoms with Crippen LogP contribution >= 0.6 is 0 Å². The first kappa shape index (κ1) is 17.3. The quantitative estimate of drug-likeness (QED) is 0.821. The molecule has 2 rings (SSSR count). The molecular formula is C15H25N5O3. The van der Waals surface area contributed by atoms with Crippen LogP contribution in [-0.4, -0.2) is 72.2 Å². The Labute approximate surface area is 136 Å². The SMILES string of the molecule is Cc1cc(C(=O)N2CCN(CCNC(=O)NC(C)C)CC2)no1. The molecule has 1 saturated heterocycles. The predicted molar refractivity (Wildman–Crippen MR) is 85.3 cm³/mol. The van der Waals surface area contributed by atoms with Gasteiger partial charge in [0, 0.05) is 51.4 Å². The Kier molecular flexibility index (Phi) is 5.97. The summed E-state index contributed by atoms with van der Waals surface area (Å²) in [5, 5.41) is 9.38. The van der Waals surface area contributed by atoms with Crippen molar-refractivity contribution < 1.29 is 14.1 Å². The van der Waals surface area contributed by atoms with E-state index in [1.54, 1.807) is 17.9 Å². The Hall–Kier alpha value is -2.09. The van der Waals surface area contributed by atoms with Gasteiger partial charge in [0.05, 0.1) is 0 Å². The van der Waals surface area contributed by atoms with Crippen LogP contribution < -0.4 is 10.6 Å². The number of aromatic nitrogens is 1. The van der Waals surface area contributed by atoms with Crippen molar-refractivity contribution in [1.29, 1.82) is 0 Å². The summed E-state index contributed by atoms with van der Waals surface area (Å²) >= 11 is 0. The number of aryl methyl sites for hydroxylation is 1. The summed E-state index contributed by atoms with van der Waals surface area (Å²) in [5.41, 5.74) is 0.364. The third kappa shape index (κ3) is 5.24. The summed E-state index contributed by atoms with van der Waals surface area (Å²) in [6.45, 7) is 9.87. The van der Waals surface area contributed by atoms with E-state index in [2.05, 4.69) is 20.7 Å². The zero-order chi connectivity index (χ0) is 16.8. The fourth-order valence-corrected chi connectivity index (χ4v) is 2.44. The van der Waals surface area contributed by atoms with E-state index >= 15 is 0 Å². The maximum absolute atomic E-state index is 12.2. The minimum atomic E-state index is -0.143. The number of amides is 3. The second kappa shape index (κ2) is 7.96. The van der Waals surface area contributed by atoms with Crippen LogP contribution in [-0.2, 0) is 0 Å². The minimum Gasteiger partial charge on any atom is -0.361 e. The van der Waals surface area contributed by atoms with Gasteiger partial charge < -0.3 is 20.1 Å². The Morgan fingerprint density at radius 1 is 1.30 bits per heavy atom. The largest absolute Gasteiger partial charge is 0.361 e. The first-order valence-electron chi connectivity index (χ1n) is 7.95. The highest BCUT2D eigenvalue weighted by molar-refractivity contribution is 5.92. The van der Waals surface area contributed by atoms with Gasteiger partial charge in [-0.05, 0) is 20.8 Å². The molecule has 0 bridgehead atoms. The molecule has 128 valence electrons. The number of carbonyl (C=O) groups is 2. The summed E-state index contributed by atoms with van der Waals surface area (Å²) in [4.78, 5) is 27.7. The van der Waals surface area contributed by atoms with E-state index in [9.17, 15) is 9.59 Å². The molecular weight excluding hydrogens is 298 g/mol. The summed E-state index contributed by atoms with van der Waals surface area (Å²) < 4.78 is 4.95. The normalized spacial score (nSPS) is 15.7. The van der Waals surface area contributed by atoms with E-state index in [0.717, 1.165) is 19.6 Å². The van der Waals surface area contributed by atoms with Crippen molar-refractivity contribution in [2.75, 3.05) is 39.3 Å². The van der Waals surface area contributed by atoms with Crippen molar-refractivity contribution in [2.45, 2.75) is 26.8 Å². The fraction of sp³-hybridized carbons (Fsp3) is 0.667. The zero-order valence-corrected chi connectivity index (χ0v) is 14.0. The lowest BCUT2D eigenvalue weighted by atomic mass is 10.2. The lowest BCUT2D eigenvalue weighted by molar-refractivity contribution is 0.0629. The predicted octanol–water partition coefficient (Wildman–Crippen LogP) is 0.448. The average Bonchev–Trinajstić information content (AvgIpc) is 2.93. The molecule has 0 aliphatic carbocycles.